The average Bonchev–Trinajstić information content (AvgIpc) is 2.46. The van der Waals surface area contributed by atoms with E-state index >= 15 is 0 Å². The highest BCUT2D eigenvalue weighted by Crippen LogP contribution is 2.21. The highest BCUT2D eigenvalue weighted by Gasteiger charge is 2.19. The minimum absolute atomic E-state index is 0.000208. The van der Waals surface area contributed by atoms with Crippen molar-refractivity contribution in [2.45, 2.75) is 0 Å². The van der Waals surface area contributed by atoms with Gasteiger partial charge in [-0.25, -0.2) is 9.59 Å². The number of rotatable bonds is 4. The van der Waals surface area contributed by atoms with Crippen molar-refractivity contribution in [1.82, 2.24) is 0 Å². The zero-order chi connectivity index (χ0) is 15.6. The maximum absolute atomic E-state index is 12.4. The molecule has 0 spiro atoms. The smallest absolute Gasteiger partial charge is 0.336 e. The minimum atomic E-state index is -1.22. The number of aromatic carboxylic acids is 2. The van der Waals surface area contributed by atoms with Crippen molar-refractivity contribution in [3.05, 3.63) is 64.7 Å². The van der Waals surface area contributed by atoms with Crippen LogP contribution in [0.1, 0.15) is 36.6 Å². The summed E-state index contributed by atoms with van der Waals surface area (Å²) in [5.41, 5.74) is 5.56. The van der Waals surface area contributed by atoms with Crippen LogP contribution in [0.4, 0.5) is 5.69 Å². The highest BCUT2D eigenvalue weighted by atomic mass is 16.4. The fraction of sp³-hybridized carbons (Fsp3) is 0. The molecule has 2 aromatic carbocycles. The zero-order valence-corrected chi connectivity index (χ0v) is 10.7. The van der Waals surface area contributed by atoms with Gasteiger partial charge in [-0.05, 0) is 24.3 Å². The summed E-state index contributed by atoms with van der Waals surface area (Å²) in [4.78, 5) is 34.3. The van der Waals surface area contributed by atoms with Crippen LogP contribution in [0, 0.1) is 0 Å². The number of nitrogen functional groups attached to an aromatic ring is 1. The molecule has 0 heterocycles. The van der Waals surface area contributed by atoms with Crippen molar-refractivity contribution in [2.24, 2.45) is 0 Å². The lowest BCUT2D eigenvalue weighted by atomic mass is 9.96. The van der Waals surface area contributed by atoms with Crippen LogP contribution in [0.25, 0.3) is 0 Å². The van der Waals surface area contributed by atoms with Crippen molar-refractivity contribution in [3.63, 3.8) is 0 Å². The number of carboxylic acid groups (broad SMARTS) is 2. The van der Waals surface area contributed by atoms with Gasteiger partial charge in [0.25, 0.3) is 0 Å². The van der Waals surface area contributed by atoms with Gasteiger partial charge in [0.2, 0.25) is 0 Å². The Bertz CT molecular complexity index is 751. The number of anilines is 1. The Morgan fingerprint density at radius 3 is 1.95 bits per heavy atom. The molecular formula is C15H11NO5. The van der Waals surface area contributed by atoms with Gasteiger partial charge in [0.15, 0.2) is 5.78 Å². The number of benzene rings is 2. The molecule has 0 amide bonds. The summed E-state index contributed by atoms with van der Waals surface area (Å²) in [7, 11) is 0. The van der Waals surface area contributed by atoms with Gasteiger partial charge in [-0.15, -0.1) is 0 Å². The Morgan fingerprint density at radius 1 is 0.810 bits per heavy atom. The molecule has 4 N–H and O–H groups in total. The van der Waals surface area contributed by atoms with Gasteiger partial charge >= 0.3 is 11.9 Å². The van der Waals surface area contributed by atoms with Crippen LogP contribution in [-0.4, -0.2) is 27.9 Å². The number of carboxylic acids is 2. The number of carbonyl (C=O) groups excluding carboxylic acids is 1. The van der Waals surface area contributed by atoms with Gasteiger partial charge in [-0.1, -0.05) is 18.2 Å². The largest absolute Gasteiger partial charge is 0.478 e. The normalized spacial score (nSPS) is 10.1. The molecular weight excluding hydrogens is 274 g/mol. The maximum atomic E-state index is 12.4. The third-order valence-corrected chi connectivity index (χ3v) is 2.95. The van der Waals surface area contributed by atoms with E-state index in [2.05, 4.69) is 0 Å². The second-order valence-corrected chi connectivity index (χ2v) is 4.29. The van der Waals surface area contributed by atoms with Crippen molar-refractivity contribution in [3.8, 4) is 0 Å². The molecule has 2 aromatic rings. The summed E-state index contributed by atoms with van der Waals surface area (Å²) in [6.45, 7) is 0. The number of ketones is 1. The summed E-state index contributed by atoms with van der Waals surface area (Å²) in [6, 6.07) is 9.44. The quantitative estimate of drug-likeness (QED) is 0.583. The third kappa shape index (κ3) is 2.74. The summed E-state index contributed by atoms with van der Waals surface area (Å²) < 4.78 is 0. The van der Waals surface area contributed by atoms with E-state index in [1.807, 2.05) is 0 Å². The lowest BCUT2D eigenvalue weighted by Gasteiger charge is -2.08. The summed E-state index contributed by atoms with van der Waals surface area (Å²) >= 11 is 0. The predicted molar refractivity (Wildman–Crippen MR) is 74.6 cm³/mol. The van der Waals surface area contributed by atoms with E-state index in [0.29, 0.717) is 0 Å². The van der Waals surface area contributed by atoms with Crippen LogP contribution in [0.3, 0.4) is 0 Å². The Balaban J connectivity index is 2.51. The number of carbonyl (C=O) groups is 3. The van der Waals surface area contributed by atoms with E-state index in [-0.39, 0.29) is 27.9 Å². The van der Waals surface area contributed by atoms with Gasteiger partial charge in [0.05, 0.1) is 11.1 Å². The van der Waals surface area contributed by atoms with Gasteiger partial charge < -0.3 is 15.9 Å². The Morgan fingerprint density at radius 2 is 1.43 bits per heavy atom. The fourth-order valence-corrected chi connectivity index (χ4v) is 1.92. The molecule has 0 aliphatic rings. The number of hydrogen-bond donors (Lipinski definition) is 3. The molecule has 0 aliphatic heterocycles. The average molecular weight is 285 g/mol. The predicted octanol–water partition coefficient (Wildman–Crippen LogP) is 1.90. The third-order valence-electron chi connectivity index (χ3n) is 2.95. The molecule has 0 aromatic heterocycles. The molecule has 6 heteroatoms. The Labute approximate surface area is 119 Å². The van der Waals surface area contributed by atoms with Crippen LogP contribution in [-0.2, 0) is 0 Å². The van der Waals surface area contributed by atoms with Gasteiger partial charge in [-0.3, -0.25) is 4.79 Å². The maximum Gasteiger partial charge on any atom is 0.336 e. The van der Waals surface area contributed by atoms with Crippen molar-refractivity contribution in [2.75, 3.05) is 5.73 Å². The first-order valence-electron chi connectivity index (χ1n) is 5.91. The molecule has 0 aliphatic carbocycles. The van der Waals surface area contributed by atoms with Crippen LogP contribution in [0.5, 0.6) is 0 Å². The molecule has 0 bridgehead atoms. The van der Waals surface area contributed by atoms with Gasteiger partial charge in [0.1, 0.15) is 0 Å². The molecule has 0 unspecified atom stereocenters. The summed E-state index contributed by atoms with van der Waals surface area (Å²) in [5.74, 6) is -2.95. The molecule has 0 atom stereocenters. The standard InChI is InChI=1S/C15H11NO5/c16-12-7-8(14(18)19)5-6-11(12)13(17)9-3-1-2-4-10(9)15(20)21/h1-7H,16H2,(H,18,19)(H,20,21). The lowest BCUT2D eigenvalue weighted by molar-refractivity contribution is 0.0685. The molecule has 21 heavy (non-hydrogen) atoms. The SMILES string of the molecule is Nc1cc(C(=O)O)ccc1C(=O)c1ccccc1C(=O)O. The first-order valence-corrected chi connectivity index (χ1v) is 5.91. The molecule has 106 valence electrons. The number of hydrogen-bond acceptors (Lipinski definition) is 4. The Hall–Kier alpha value is -3.15. The topological polar surface area (TPSA) is 118 Å². The highest BCUT2D eigenvalue weighted by molar-refractivity contribution is 6.16. The van der Waals surface area contributed by atoms with Crippen molar-refractivity contribution < 1.29 is 24.6 Å². The first kappa shape index (κ1) is 14.3. The monoisotopic (exact) mass is 285 g/mol. The summed E-state index contributed by atoms with van der Waals surface area (Å²) in [6.07, 6.45) is 0. The lowest BCUT2D eigenvalue weighted by Crippen LogP contribution is -2.12. The summed E-state index contributed by atoms with van der Waals surface area (Å²) in [5, 5.41) is 17.9. The second-order valence-electron chi connectivity index (χ2n) is 4.29. The van der Waals surface area contributed by atoms with E-state index in [1.165, 1.54) is 36.4 Å². The molecule has 0 fully saturated rings. The van der Waals surface area contributed by atoms with Crippen LogP contribution < -0.4 is 5.73 Å². The van der Waals surface area contributed by atoms with E-state index < -0.39 is 17.7 Å². The minimum Gasteiger partial charge on any atom is -0.478 e. The van der Waals surface area contributed by atoms with Crippen molar-refractivity contribution >= 4 is 23.4 Å². The first-order chi connectivity index (χ1) is 9.91. The van der Waals surface area contributed by atoms with Gasteiger partial charge in [-0.2, -0.15) is 0 Å². The van der Waals surface area contributed by atoms with Crippen LogP contribution in [0.15, 0.2) is 42.5 Å². The van der Waals surface area contributed by atoms with Gasteiger partial charge in [0, 0.05) is 16.8 Å². The van der Waals surface area contributed by atoms with Crippen molar-refractivity contribution in [1.29, 1.82) is 0 Å². The Kier molecular flexibility index (Phi) is 3.71. The molecule has 0 saturated heterocycles. The second kappa shape index (κ2) is 5.46. The van der Waals surface area contributed by atoms with E-state index in [9.17, 15) is 14.4 Å². The van der Waals surface area contributed by atoms with E-state index in [4.69, 9.17) is 15.9 Å². The van der Waals surface area contributed by atoms with E-state index in [0.717, 1.165) is 0 Å². The number of nitrogens with two attached hydrogens (primary N) is 1. The molecule has 6 nitrogen and oxygen atoms in total. The zero-order valence-electron chi connectivity index (χ0n) is 10.7. The molecule has 0 saturated carbocycles. The molecule has 0 radical (unpaired) electrons. The van der Waals surface area contributed by atoms with Crippen LogP contribution in [0.2, 0.25) is 0 Å². The van der Waals surface area contributed by atoms with Crippen LogP contribution >= 0.6 is 0 Å². The molecule has 2 rings (SSSR count). The van der Waals surface area contributed by atoms with E-state index in [1.54, 1.807) is 6.07 Å². The fourth-order valence-electron chi connectivity index (χ4n) is 1.92.